The van der Waals surface area contributed by atoms with E-state index in [1.807, 2.05) is 4.98 Å². The summed E-state index contributed by atoms with van der Waals surface area (Å²) in [4.78, 5) is 15.5. The van der Waals surface area contributed by atoms with E-state index < -0.39 is 27.6 Å². The molecule has 118 valence electrons. The molecule has 9 heteroatoms. The summed E-state index contributed by atoms with van der Waals surface area (Å²) in [6, 6.07) is 0.770. The molecule has 1 aromatic heterocycles. The minimum atomic E-state index is -4.53. The molecule has 1 saturated heterocycles. The Balaban J connectivity index is 2.03. The van der Waals surface area contributed by atoms with E-state index in [0.29, 0.717) is 13.0 Å². The quantitative estimate of drug-likeness (QED) is 0.917. The van der Waals surface area contributed by atoms with Crippen LogP contribution >= 0.6 is 0 Å². The molecular weight excluding hydrogens is 309 g/mol. The largest absolute Gasteiger partial charge is 0.431 e. The molecule has 1 N–H and O–H groups in total. The zero-order chi connectivity index (χ0) is 15.8. The van der Waals surface area contributed by atoms with Gasteiger partial charge in [-0.2, -0.15) is 13.2 Å². The Labute approximate surface area is 120 Å². The molecule has 1 amide bonds. The van der Waals surface area contributed by atoms with Crippen molar-refractivity contribution in [3.63, 3.8) is 0 Å². The van der Waals surface area contributed by atoms with Gasteiger partial charge < -0.3 is 9.88 Å². The van der Waals surface area contributed by atoms with Crippen LogP contribution in [-0.2, 0) is 16.0 Å². The third-order valence-corrected chi connectivity index (χ3v) is 4.42. The Morgan fingerprint density at radius 1 is 1.48 bits per heavy atom. The van der Waals surface area contributed by atoms with Crippen LogP contribution in [0.4, 0.5) is 13.2 Å². The second kappa shape index (κ2) is 5.36. The molecule has 0 bridgehead atoms. The van der Waals surface area contributed by atoms with E-state index in [4.69, 9.17) is 0 Å². The zero-order valence-electron chi connectivity index (χ0n) is 11.3. The van der Waals surface area contributed by atoms with Gasteiger partial charge in [0.05, 0.1) is 11.3 Å². The Morgan fingerprint density at radius 2 is 2.14 bits per heavy atom. The third-order valence-electron chi connectivity index (χ3n) is 3.35. The van der Waals surface area contributed by atoms with E-state index >= 15 is 0 Å². The Hall–Kier alpha value is -1.51. The number of aromatic nitrogens is 1. The van der Waals surface area contributed by atoms with Gasteiger partial charge >= 0.3 is 6.18 Å². The lowest BCUT2D eigenvalue weighted by Gasteiger charge is -2.15. The molecule has 1 aliphatic rings. The van der Waals surface area contributed by atoms with Gasteiger partial charge in [-0.1, -0.05) is 0 Å². The highest BCUT2D eigenvalue weighted by molar-refractivity contribution is 7.90. The van der Waals surface area contributed by atoms with Crippen molar-refractivity contribution in [3.05, 3.63) is 23.5 Å². The number of amides is 1. The van der Waals surface area contributed by atoms with Crippen molar-refractivity contribution >= 4 is 15.7 Å². The number of carbonyl (C=O) groups excluding carboxylic acids is 1. The summed E-state index contributed by atoms with van der Waals surface area (Å²) < 4.78 is 59.8. The highest BCUT2D eigenvalue weighted by atomic mass is 32.2. The zero-order valence-corrected chi connectivity index (χ0v) is 12.1. The Bertz CT molecular complexity index is 636. The van der Waals surface area contributed by atoms with Crippen LogP contribution in [0.3, 0.4) is 0 Å². The molecule has 0 aromatic carbocycles. The summed E-state index contributed by atoms with van der Waals surface area (Å²) >= 11 is 0. The first-order chi connectivity index (χ1) is 9.56. The van der Waals surface area contributed by atoms with Crippen molar-refractivity contribution in [2.75, 3.05) is 25.1 Å². The average Bonchev–Trinajstić information content (AvgIpc) is 2.92. The predicted molar refractivity (Wildman–Crippen MR) is 69.5 cm³/mol. The van der Waals surface area contributed by atoms with Crippen LogP contribution in [0.15, 0.2) is 12.3 Å². The molecule has 0 aliphatic carbocycles. The number of H-pyrrole nitrogens is 1. The van der Waals surface area contributed by atoms with Gasteiger partial charge in [0.15, 0.2) is 0 Å². The lowest BCUT2D eigenvalue weighted by Crippen LogP contribution is -2.29. The van der Waals surface area contributed by atoms with Crippen molar-refractivity contribution in [3.8, 4) is 0 Å². The minimum absolute atomic E-state index is 0.0162. The Kier molecular flexibility index (Phi) is 4.05. The summed E-state index contributed by atoms with van der Waals surface area (Å²) in [7, 11) is -3.13. The summed E-state index contributed by atoms with van der Waals surface area (Å²) in [5.74, 6) is -0.694. The topological polar surface area (TPSA) is 70.2 Å². The van der Waals surface area contributed by atoms with E-state index in [1.165, 1.54) is 4.90 Å². The van der Waals surface area contributed by atoms with Crippen LogP contribution in [0, 0.1) is 5.92 Å². The minimum Gasteiger partial charge on any atom is -0.357 e. The fourth-order valence-electron chi connectivity index (χ4n) is 2.45. The highest BCUT2D eigenvalue weighted by Gasteiger charge is 2.34. The number of nitrogens with one attached hydrogen (secondary N) is 1. The molecule has 1 aromatic rings. The molecule has 1 fully saturated rings. The average molecular weight is 324 g/mol. The van der Waals surface area contributed by atoms with Crippen LogP contribution < -0.4 is 0 Å². The first-order valence-corrected chi connectivity index (χ1v) is 8.35. The van der Waals surface area contributed by atoms with Gasteiger partial charge in [0, 0.05) is 25.5 Å². The first-order valence-electron chi connectivity index (χ1n) is 6.29. The number of rotatable bonds is 3. The van der Waals surface area contributed by atoms with Crippen LogP contribution in [0.5, 0.6) is 0 Å². The fraction of sp³-hybridized carbons (Fsp3) is 0.583. The Morgan fingerprint density at radius 3 is 2.67 bits per heavy atom. The lowest BCUT2D eigenvalue weighted by atomic mass is 10.2. The normalized spacial score (nSPS) is 20.0. The molecule has 2 heterocycles. The number of carbonyl (C=O) groups is 1. The van der Waals surface area contributed by atoms with E-state index in [9.17, 15) is 26.4 Å². The van der Waals surface area contributed by atoms with Crippen molar-refractivity contribution in [1.29, 1.82) is 0 Å². The first kappa shape index (κ1) is 15.9. The van der Waals surface area contributed by atoms with Crippen molar-refractivity contribution in [2.45, 2.75) is 12.6 Å². The summed E-state index contributed by atoms with van der Waals surface area (Å²) in [6.07, 6.45) is -1.84. The van der Waals surface area contributed by atoms with Gasteiger partial charge in [-0.05, 0) is 18.4 Å². The molecular formula is C12H15F3N2O3S. The van der Waals surface area contributed by atoms with E-state index in [-0.39, 0.29) is 23.8 Å². The molecule has 0 saturated carbocycles. The number of sulfone groups is 1. The number of hydrogen-bond donors (Lipinski definition) is 1. The van der Waals surface area contributed by atoms with Gasteiger partial charge in [0.25, 0.3) is 5.91 Å². The lowest BCUT2D eigenvalue weighted by molar-refractivity contribution is -0.140. The number of nitrogens with zero attached hydrogens (tertiary/aromatic N) is 1. The van der Waals surface area contributed by atoms with Crippen LogP contribution in [-0.4, -0.2) is 49.3 Å². The molecule has 5 nitrogen and oxygen atoms in total. The number of aromatic amines is 1. The number of likely N-dealkylation sites (tertiary alicyclic amines) is 1. The van der Waals surface area contributed by atoms with Crippen LogP contribution in [0.1, 0.15) is 22.5 Å². The SMILES string of the molecule is CS(=O)(=O)CC1CCN(C(=O)c2c[nH]c(C(F)(F)F)c2)C1. The smallest absolute Gasteiger partial charge is 0.357 e. The van der Waals surface area contributed by atoms with Crippen molar-refractivity contribution < 1.29 is 26.4 Å². The van der Waals surface area contributed by atoms with Gasteiger partial charge in [0.2, 0.25) is 0 Å². The predicted octanol–water partition coefficient (Wildman–Crippen LogP) is 1.54. The number of halogens is 3. The molecule has 1 aliphatic heterocycles. The van der Waals surface area contributed by atoms with Gasteiger partial charge in [-0.15, -0.1) is 0 Å². The second-order valence-corrected chi connectivity index (χ2v) is 7.48. The van der Waals surface area contributed by atoms with E-state index in [0.717, 1.165) is 18.5 Å². The van der Waals surface area contributed by atoms with Gasteiger partial charge in [-0.3, -0.25) is 4.79 Å². The van der Waals surface area contributed by atoms with Crippen LogP contribution in [0.2, 0.25) is 0 Å². The molecule has 1 atom stereocenters. The third kappa shape index (κ3) is 3.99. The second-order valence-electron chi connectivity index (χ2n) is 5.30. The van der Waals surface area contributed by atoms with Crippen LogP contribution in [0.25, 0.3) is 0 Å². The van der Waals surface area contributed by atoms with E-state index in [2.05, 4.69) is 0 Å². The summed E-state index contributed by atoms with van der Waals surface area (Å²) in [5, 5.41) is 0. The molecule has 1 unspecified atom stereocenters. The highest BCUT2D eigenvalue weighted by Crippen LogP contribution is 2.29. The monoisotopic (exact) mass is 324 g/mol. The molecule has 21 heavy (non-hydrogen) atoms. The summed E-state index contributed by atoms with van der Waals surface area (Å²) in [6.45, 7) is 0.601. The van der Waals surface area contributed by atoms with Crippen molar-refractivity contribution in [2.24, 2.45) is 5.92 Å². The summed E-state index contributed by atoms with van der Waals surface area (Å²) in [5.41, 5.74) is -1.04. The maximum absolute atomic E-state index is 12.5. The number of hydrogen-bond acceptors (Lipinski definition) is 3. The standard InChI is InChI=1S/C12H15F3N2O3S/c1-21(19,20)7-8-2-3-17(6-8)11(18)9-4-10(16-5-9)12(13,14)15/h4-5,8,16H,2-3,6-7H2,1H3. The molecule has 0 spiro atoms. The fourth-order valence-corrected chi connectivity index (χ4v) is 3.57. The number of alkyl halides is 3. The van der Waals surface area contributed by atoms with Gasteiger partial charge in [-0.25, -0.2) is 8.42 Å². The van der Waals surface area contributed by atoms with Gasteiger partial charge in [0.1, 0.15) is 15.5 Å². The maximum Gasteiger partial charge on any atom is 0.431 e. The maximum atomic E-state index is 12.5. The molecule has 2 rings (SSSR count). The molecule has 0 radical (unpaired) electrons. The van der Waals surface area contributed by atoms with E-state index in [1.54, 1.807) is 0 Å². The van der Waals surface area contributed by atoms with Crippen molar-refractivity contribution in [1.82, 2.24) is 9.88 Å².